The van der Waals surface area contributed by atoms with Gasteiger partial charge < -0.3 is 10.4 Å². The summed E-state index contributed by atoms with van der Waals surface area (Å²) in [5, 5.41) is 22.5. The Morgan fingerprint density at radius 1 is 1.48 bits per heavy atom. The van der Waals surface area contributed by atoms with Crippen LogP contribution in [0.1, 0.15) is 13.3 Å². The Bertz CT molecular complexity index is 656. The van der Waals surface area contributed by atoms with E-state index in [0.717, 1.165) is 6.26 Å². The summed E-state index contributed by atoms with van der Waals surface area (Å²) in [6.45, 7) is 1.85. The van der Waals surface area contributed by atoms with E-state index in [1.807, 2.05) is 0 Å². The van der Waals surface area contributed by atoms with E-state index in [9.17, 15) is 23.3 Å². The summed E-state index contributed by atoms with van der Waals surface area (Å²) >= 11 is 0. The van der Waals surface area contributed by atoms with Crippen LogP contribution in [-0.2, 0) is 14.6 Å². The number of carboxylic acid groups (broad SMARTS) is 1. The van der Waals surface area contributed by atoms with Crippen molar-refractivity contribution in [2.45, 2.75) is 18.2 Å². The lowest BCUT2D eigenvalue weighted by Gasteiger charge is -2.12. The Balaban J connectivity index is 3.08. The van der Waals surface area contributed by atoms with Crippen molar-refractivity contribution in [3.05, 3.63) is 28.3 Å². The molecule has 8 nitrogen and oxygen atoms in total. The lowest BCUT2D eigenvalue weighted by molar-refractivity contribution is -0.386. The largest absolute Gasteiger partial charge is 0.481 e. The molecule has 0 radical (unpaired) electrons. The molecule has 0 aliphatic carbocycles. The average molecular weight is 316 g/mol. The molecule has 0 aliphatic heterocycles. The number of hydrogen-bond acceptors (Lipinski definition) is 6. The van der Waals surface area contributed by atoms with Crippen molar-refractivity contribution in [1.29, 1.82) is 0 Å². The minimum Gasteiger partial charge on any atom is -0.481 e. The zero-order valence-corrected chi connectivity index (χ0v) is 12.4. The molecule has 0 aromatic heterocycles. The number of nitrogens with zero attached hydrogens (tertiary/aromatic N) is 1. The van der Waals surface area contributed by atoms with Crippen molar-refractivity contribution in [2.24, 2.45) is 5.92 Å². The third-order valence-corrected chi connectivity index (χ3v) is 3.87. The van der Waals surface area contributed by atoms with Gasteiger partial charge in [-0.25, -0.2) is 8.42 Å². The zero-order chi connectivity index (χ0) is 16.2. The predicted octanol–water partition coefficient (Wildman–Crippen LogP) is 1.52. The second kappa shape index (κ2) is 6.53. The minimum atomic E-state index is -3.73. The van der Waals surface area contributed by atoms with Crippen LogP contribution in [0, 0.1) is 16.0 Å². The number of aliphatic carboxylic acids is 1. The van der Waals surface area contributed by atoms with Gasteiger partial charge in [0.2, 0.25) is 0 Å². The summed E-state index contributed by atoms with van der Waals surface area (Å²) in [5.41, 5.74) is -0.470. The number of nitro groups is 1. The SMILES string of the molecule is CC(CNc1cccc(S(C)(=O)=O)c1[N+](=O)[O-])CC(=O)O. The van der Waals surface area contributed by atoms with Crippen LogP contribution < -0.4 is 5.32 Å². The van der Waals surface area contributed by atoms with Gasteiger partial charge in [-0.1, -0.05) is 13.0 Å². The van der Waals surface area contributed by atoms with Gasteiger partial charge in [-0.3, -0.25) is 14.9 Å². The van der Waals surface area contributed by atoms with Gasteiger partial charge in [-0.15, -0.1) is 0 Å². The number of anilines is 1. The number of carboxylic acids is 1. The molecule has 1 rings (SSSR count). The third kappa shape index (κ3) is 4.71. The summed E-state index contributed by atoms with van der Waals surface area (Å²) < 4.78 is 23.2. The van der Waals surface area contributed by atoms with Crippen LogP contribution in [0.4, 0.5) is 11.4 Å². The summed E-state index contributed by atoms with van der Waals surface area (Å²) in [7, 11) is -3.73. The minimum absolute atomic E-state index is 0.0557. The molecular weight excluding hydrogens is 300 g/mol. The first-order valence-electron chi connectivity index (χ1n) is 6.06. The zero-order valence-electron chi connectivity index (χ0n) is 11.6. The van der Waals surface area contributed by atoms with Gasteiger partial charge in [0.25, 0.3) is 0 Å². The first-order valence-corrected chi connectivity index (χ1v) is 7.95. The summed E-state index contributed by atoms with van der Waals surface area (Å²) in [6, 6.07) is 3.95. The van der Waals surface area contributed by atoms with Gasteiger partial charge in [0.1, 0.15) is 10.6 Å². The Morgan fingerprint density at radius 2 is 2.10 bits per heavy atom. The summed E-state index contributed by atoms with van der Waals surface area (Å²) in [6.07, 6.45) is 0.804. The van der Waals surface area contributed by atoms with Crippen LogP contribution in [0.5, 0.6) is 0 Å². The van der Waals surface area contributed by atoms with Crippen LogP contribution in [-0.4, -0.2) is 37.2 Å². The van der Waals surface area contributed by atoms with Crippen molar-refractivity contribution in [2.75, 3.05) is 18.1 Å². The third-order valence-electron chi connectivity index (χ3n) is 2.75. The fourth-order valence-corrected chi connectivity index (χ4v) is 2.67. The Morgan fingerprint density at radius 3 is 2.57 bits per heavy atom. The highest BCUT2D eigenvalue weighted by molar-refractivity contribution is 7.90. The Kier molecular flexibility index (Phi) is 5.25. The van der Waals surface area contributed by atoms with Crippen LogP contribution >= 0.6 is 0 Å². The molecule has 0 fully saturated rings. The Labute approximate surface area is 121 Å². The van der Waals surface area contributed by atoms with Crippen molar-refractivity contribution < 1.29 is 23.2 Å². The average Bonchev–Trinajstić information content (AvgIpc) is 2.33. The van der Waals surface area contributed by atoms with Gasteiger partial charge in [-0.2, -0.15) is 0 Å². The molecule has 116 valence electrons. The second-order valence-corrected chi connectivity index (χ2v) is 6.75. The molecule has 1 unspecified atom stereocenters. The van der Waals surface area contributed by atoms with Crippen molar-refractivity contribution in [1.82, 2.24) is 0 Å². The van der Waals surface area contributed by atoms with Crippen LogP contribution in [0.3, 0.4) is 0 Å². The Hall–Kier alpha value is -2.16. The molecule has 9 heteroatoms. The maximum absolute atomic E-state index is 11.6. The predicted molar refractivity (Wildman–Crippen MR) is 76.1 cm³/mol. The molecule has 0 bridgehead atoms. The molecule has 2 N–H and O–H groups in total. The molecule has 0 spiro atoms. The molecule has 0 amide bonds. The molecule has 0 saturated carbocycles. The van der Waals surface area contributed by atoms with E-state index in [1.54, 1.807) is 6.92 Å². The lowest BCUT2D eigenvalue weighted by Crippen LogP contribution is -2.16. The number of carbonyl (C=O) groups is 1. The van der Waals surface area contributed by atoms with Crippen molar-refractivity contribution >= 4 is 27.2 Å². The van der Waals surface area contributed by atoms with E-state index >= 15 is 0 Å². The van der Waals surface area contributed by atoms with E-state index in [2.05, 4.69) is 5.32 Å². The fraction of sp³-hybridized carbons (Fsp3) is 0.417. The van der Waals surface area contributed by atoms with E-state index < -0.39 is 26.4 Å². The van der Waals surface area contributed by atoms with Gasteiger partial charge in [0.15, 0.2) is 9.84 Å². The maximum atomic E-state index is 11.6. The second-order valence-electron chi connectivity index (χ2n) is 4.77. The molecule has 0 saturated heterocycles. The maximum Gasteiger partial charge on any atom is 0.310 e. The summed E-state index contributed by atoms with van der Waals surface area (Å²) in [4.78, 5) is 20.6. The standard InChI is InChI=1S/C12H16N2O6S/c1-8(6-11(15)16)7-13-9-4-3-5-10(21(2,19)20)12(9)14(17)18/h3-5,8,13H,6-7H2,1-2H3,(H,15,16). The van der Waals surface area contributed by atoms with E-state index in [0.29, 0.717) is 0 Å². The lowest BCUT2D eigenvalue weighted by atomic mass is 10.1. The van der Waals surface area contributed by atoms with E-state index in [1.165, 1.54) is 18.2 Å². The molecule has 21 heavy (non-hydrogen) atoms. The fourth-order valence-electron chi connectivity index (χ4n) is 1.81. The van der Waals surface area contributed by atoms with Gasteiger partial charge in [-0.05, 0) is 18.1 Å². The first-order chi connectivity index (χ1) is 9.62. The number of para-hydroxylation sites is 1. The van der Waals surface area contributed by atoms with Crippen LogP contribution in [0.25, 0.3) is 0 Å². The van der Waals surface area contributed by atoms with Gasteiger partial charge in [0.05, 0.1) is 4.92 Å². The van der Waals surface area contributed by atoms with E-state index in [-0.39, 0.29) is 29.5 Å². The molecule has 0 aliphatic rings. The highest BCUT2D eigenvalue weighted by Crippen LogP contribution is 2.32. The molecule has 0 heterocycles. The van der Waals surface area contributed by atoms with Crippen LogP contribution in [0.15, 0.2) is 23.1 Å². The van der Waals surface area contributed by atoms with Gasteiger partial charge >= 0.3 is 11.7 Å². The summed E-state index contributed by atoms with van der Waals surface area (Å²) in [5.74, 6) is -1.23. The van der Waals surface area contributed by atoms with Crippen molar-refractivity contribution in [3.8, 4) is 0 Å². The number of hydrogen-bond donors (Lipinski definition) is 2. The molecule has 1 atom stereocenters. The smallest absolute Gasteiger partial charge is 0.310 e. The molecule has 1 aromatic rings. The number of benzene rings is 1. The molecule has 1 aromatic carbocycles. The monoisotopic (exact) mass is 316 g/mol. The highest BCUT2D eigenvalue weighted by Gasteiger charge is 2.26. The first kappa shape index (κ1) is 16.9. The number of rotatable bonds is 7. The number of nitro benzene ring substituents is 1. The molecular formula is C12H16N2O6S. The van der Waals surface area contributed by atoms with Crippen LogP contribution in [0.2, 0.25) is 0 Å². The van der Waals surface area contributed by atoms with E-state index in [4.69, 9.17) is 5.11 Å². The number of sulfone groups is 1. The van der Waals surface area contributed by atoms with Crippen molar-refractivity contribution in [3.63, 3.8) is 0 Å². The van der Waals surface area contributed by atoms with Gasteiger partial charge in [0, 0.05) is 19.2 Å². The quantitative estimate of drug-likeness (QED) is 0.576. The normalized spacial score (nSPS) is 12.7. The highest BCUT2D eigenvalue weighted by atomic mass is 32.2. The number of nitrogens with one attached hydrogen (secondary N) is 1. The topological polar surface area (TPSA) is 127 Å².